The second-order valence-corrected chi connectivity index (χ2v) is 7.75. The lowest BCUT2D eigenvalue weighted by atomic mass is 10.0. The van der Waals surface area contributed by atoms with Crippen LogP contribution in [0.3, 0.4) is 0 Å². The molecule has 4 N–H and O–H groups in total. The fourth-order valence-electron chi connectivity index (χ4n) is 3.13. The summed E-state index contributed by atoms with van der Waals surface area (Å²) in [6, 6.07) is 0.892. The second kappa shape index (κ2) is 9.40. The predicted octanol–water partition coefficient (Wildman–Crippen LogP) is 7.71. The van der Waals surface area contributed by atoms with Crippen molar-refractivity contribution in [2.24, 2.45) is 10.7 Å². The van der Waals surface area contributed by atoms with Crippen molar-refractivity contribution in [3.63, 3.8) is 0 Å². The van der Waals surface area contributed by atoms with Crippen molar-refractivity contribution in [3.8, 4) is 0 Å². The first-order chi connectivity index (χ1) is 17.1. The maximum Gasteiger partial charge on any atom is 0.416 e. The van der Waals surface area contributed by atoms with Crippen molar-refractivity contribution < 1.29 is 52.7 Å². The molecular weight excluding hydrogens is 548 g/mol. The molecule has 1 aliphatic carbocycles. The van der Waals surface area contributed by atoms with E-state index in [9.17, 15) is 52.7 Å². The van der Waals surface area contributed by atoms with Gasteiger partial charge in [0, 0.05) is 5.69 Å². The van der Waals surface area contributed by atoms with Crippen LogP contribution in [-0.2, 0) is 24.7 Å². The highest BCUT2D eigenvalue weighted by molar-refractivity contribution is 6.23. The molecule has 0 unspecified atom stereocenters. The van der Waals surface area contributed by atoms with Crippen LogP contribution in [0, 0.1) is 5.41 Å². The average Bonchev–Trinajstić information content (AvgIpc) is 2.74. The number of nitrogens with one attached hydrogen (secondary N) is 2. The third-order valence-electron chi connectivity index (χ3n) is 4.86. The topological polar surface area (TPSA) is 74.3 Å². The number of anilines is 1. The van der Waals surface area contributed by atoms with E-state index in [1.807, 2.05) is 0 Å². The molecule has 2 aromatic carbocycles. The number of aliphatic imine (C=N–C) groups is 1. The third-order valence-corrected chi connectivity index (χ3v) is 4.86. The van der Waals surface area contributed by atoms with Crippen molar-refractivity contribution >= 4 is 22.8 Å². The molecule has 0 aliphatic heterocycles. The average molecular weight is 560 g/mol. The SMILES string of the molecule is N=C1C=C(N)C(=Nc2cc(C(F)(F)F)cc(C(F)(F)F)c2)C=C1Nc1cc(C(F)(F)F)cc(C(F)(F)F)c1. The van der Waals surface area contributed by atoms with Gasteiger partial charge in [-0.25, -0.2) is 4.99 Å². The van der Waals surface area contributed by atoms with Crippen molar-refractivity contribution in [2.75, 3.05) is 5.32 Å². The monoisotopic (exact) mass is 560 g/mol. The first-order valence-electron chi connectivity index (χ1n) is 9.87. The van der Waals surface area contributed by atoms with Gasteiger partial charge in [-0.1, -0.05) is 0 Å². The minimum absolute atomic E-state index is 0.137. The lowest BCUT2D eigenvalue weighted by Crippen LogP contribution is -2.22. The minimum Gasteiger partial charge on any atom is -0.397 e. The summed E-state index contributed by atoms with van der Waals surface area (Å²) in [4.78, 5) is 3.64. The molecule has 0 bridgehead atoms. The summed E-state index contributed by atoms with van der Waals surface area (Å²) in [5, 5.41) is 10.1. The molecule has 0 saturated carbocycles. The lowest BCUT2D eigenvalue weighted by Gasteiger charge is -2.19. The molecule has 0 radical (unpaired) electrons. The molecule has 0 saturated heterocycles. The Morgan fingerprint density at radius 1 is 0.605 bits per heavy atom. The van der Waals surface area contributed by atoms with E-state index < -0.39 is 81.2 Å². The molecule has 0 heterocycles. The maximum absolute atomic E-state index is 13.1. The Labute approximate surface area is 204 Å². The van der Waals surface area contributed by atoms with Gasteiger partial charge in [-0.3, -0.25) is 5.41 Å². The van der Waals surface area contributed by atoms with Gasteiger partial charge in [-0.05, 0) is 48.6 Å². The molecule has 0 amide bonds. The molecular formula is C22H12F12N4. The summed E-state index contributed by atoms with van der Waals surface area (Å²) < 4.78 is 157. The summed E-state index contributed by atoms with van der Waals surface area (Å²) in [6.07, 6.45) is -19.1. The highest BCUT2D eigenvalue weighted by atomic mass is 19.4. The number of allylic oxidation sites excluding steroid dienone is 2. The van der Waals surface area contributed by atoms with E-state index in [0.717, 1.165) is 12.2 Å². The number of hydrogen-bond donors (Lipinski definition) is 3. The van der Waals surface area contributed by atoms with E-state index in [0.29, 0.717) is 12.1 Å². The smallest absolute Gasteiger partial charge is 0.397 e. The first-order valence-corrected chi connectivity index (χ1v) is 9.87. The summed E-state index contributed by atoms with van der Waals surface area (Å²) in [5.74, 6) is 0. The van der Waals surface area contributed by atoms with Gasteiger partial charge in [-0.2, -0.15) is 52.7 Å². The summed E-state index contributed by atoms with van der Waals surface area (Å²) in [5.41, 5.74) is -4.71. The van der Waals surface area contributed by atoms with Gasteiger partial charge in [0.2, 0.25) is 0 Å². The molecule has 204 valence electrons. The number of nitrogens with two attached hydrogens (primary N) is 1. The van der Waals surface area contributed by atoms with E-state index in [2.05, 4.69) is 10.3 Å². The van der Waals surface area contributed by atoms with Gasteiger partial charge in [0.05, 0.1) is 50.8 Å². The number of halogens is 12. The van der Waals surface area contributed by atoms with Gasteiger partial charge in [0.15, 0.2) is 0 Å². The molecule has 38 heavy (non-hydrogen) atoms. The molecule has 3 rings (SSSR count). The van der Waals surface area contributed by atoms with Crippen LogP contribution < -0.4 is 11.1 Å². The zero-order valence-corrected chi connectivity index (χ0v) is 18.2. The molecule has 2 aromatic rings. The zero-order valence-electron chi connectivity index (χ0n) is 18.2. The Bertz CT molecular complexity index is 1290. The Morgan fingerprint density at radius 3 is 1.39 bits per heavy atom. The Kier molecular flexibility index (Phi) is 7.07. The first kappa shape index (κ1) is 28.6. The van der Waals surface area contributed by atoms with Crippen LogP contribution in [0.25, 0.3) is 0 Å². The van der Waals surface area contributed by atoms with Crippen molar-refractivity contribution in [3.05, 3.63) is 82.2 Å². The molecule has 0 atom stereocenters. The fourth-order valence-corrected chi connectivity index (χ4v) is 3.13. The summed E-state index contributed by atoms with van der Waals surface area (Å²) >= 11 is 0. The quantitative estimate of drug-likeness (QED) is 0.266. The molecule has 1 aliphatic rings. The lowest BCUT2D eigenvalue weighted by molar-refractivity contribution is -0.144. The molecule has 0 fully saturated rings. The van der Waals surface area contributed by atoms with Crippen LogP contribution in [0.5, 0.6) is 0 Å². The maximum atomic E-state index is 13.1. The van der Waals surface area contributed by atoms with E-state index in [-0.39, 0.29) is 24.3 Å². The van der Waals surface area contributed by atoms with E-state index in [4.69, 9.17) is 11.1 Å². The standard InChI is InChI=1S/C22H12F12N4/c23-19(24,25)9-1-10(20(26,27)28)4-13(3-9)37-17-8-18(16(36)7-15(17)35)38-14-5-11(21(29,30)31)2-12(6-14)22(32,33)34/h1-8,35,37H,36H2. The highest BCUT2D eigenvalue weighted by Crippen LogP contribution is 2.40. The van der Waals surface area contributed by atoms with Gasteiger partial charge in [-0.15, -0.1) is 0 Å². The zero-order chi connectivity index (χ0) is 28.8. The Hall–Kier alpha value is -3.98. The van der Waals surface area contributed by atoms with Crippen LogP contribution in [0.4, 0.5) is 64.1 Å². The third kappa shape index (κ3) is 6.66. The summed E-state index contributed by atoms with van der Waals surface area (Å²) in [7, 11) is 0. The predicted molar refractivity (Wildman–Crippen MR) is 112 cm³/mol. The van der Waals surface area contributed by atoms with Crippen LogP contribution in [0.15, 0.2) is 64.9 Å². The largest absolute Gasteiger partial charge is 0.416 e. The van der Waals surface area contributed by atoms with Crippen LogP contribution in [0.2, 0.25) is 0 Å². The Balaban J connectivity index is 2.10. The second-order valence-electron chi connectivity index (χ2n) is 7.75. The number of alkyl halides is 12. The van der Waals surface area contributed by atoms with E-state index >= 15 is 0 Å². The van der Waals surface area contributed by atoms with Crippen LogP contribution in [0.1, 0.15) is 22.3 Å². The number of nitrogens with zero attached hydrogens (tertiary/aromatic N) is 1. The van der Waals surface area contributed by atoms with Crippen molar-refractivity contribution in [2.45, 2.75) is 24.7 Å². The molecule has 0 spiro atoms. The van der Waals surface area contributed by atoms with Crippen molar-refractivity contribution in [1.29, 1.82) is 5.41 Å². The number of hydrogen-bond acceptors (Lipinski definition) is 4. The van der Waals surface area contributed by atoms with Crippen molar-refractivity contribution in [1.82, 2.24) is 0 Å². The van der Waals surface area contributed by atoms with E-state index in [1.165, 1.54) is 0 Å². The normalized spacial score (nSPS) is 16.4. The molecule has 0 aromatic heterocycles. The fraction of sp³-hybridized carbons (Fsp3) is 0.182. The van der Waals surface area contributed by atoms with Gasteiger partial charge in [0.25, 0.3) is 0 Å². The number of rotatable bonds is 3. The van der Waals surface area contributed by atoms with Gasteiger partial charge < -0.3 is 11.1 Å². The van der Waals surface area contributed by atoms with Crippen LogP contribution >= 0.6 is 0 Å². The van der Waals surface area contributed by atoms with Gasteiger partial charge >= 0.3 is 24.7 Å². The Morgan fingerprint density at radius 2 is 1.00 bits per heavy atom. The highest BCUT2D eigenvalue weighted by Gasteiger charge is 2.38. The van der Waals surface area contributed by atoms with E-state index in [1.54, 1.807) is 0 Å². The molecule has 16 heteroatoms. The molecule has 4 nitrogen and oxygen atoms in total. The van der Waals surface area contributed by atoms with Crippen LogP contribution in [-0.4, -0.2) is 11.4 Å². The summed E-state index contributed by atoms with van der Waals surface area (Å²) in [6.45, 7) is 0. The van der Waals surface area contributed by atoms with Gasteiger partial charge in [0.1, 0.15) is 0 Å². The minimum atomic E-state index is -5.19. The number of benzene rings is 2.